The van der Waals surface area contributed by atoms with Gasteiger partial charge in [-0.15, -0.1) is 0 Å². The normalized spacial score (nSPS) is 18.2. The van der Waals surface area contributed by atoms with E-state index < -0.39 is 0 Å². The Hall–Kier alpha value is -2.73. The van der Waals surface area contributed by atoms with Crippen LogP contribution in [0, 0.1) is 0 Å². The number of rotatable bonds is 3. The molecule has 6 nitrogen and oxygen atoms in total. The fraction of sp³-hybridized carbons (Fsp3) is 0.350. The SMILES string of the molecule is CNC1CCc2c(c3ccc(Nc4ccc5c(c4)OCO5)nc3n2C)C1. The van der Waals surface area contributed by atoms with E-state index in [2.05, 4.69) is 34.4 Å². The van der Waals surface area contributed by atoms with Gasteiger partial charge in [-0.25, -0.2) is 4.98 Å². The lowest BCUT2D eigenvalue weighted by molar-refractivity contribution is 0.174. The highest BCUT2D eigenvalue weighted by Gasteiger charge is 2.24. The molecule has 26 heavy (non-hydrogen) atoms. The number of likely N-dealkylation sites (N-methyl/N-ethyl adjacent to an activating group) is 1. The minimum Gasteiger partial charge on any atom is -0.454 e. The van der Waals surface area contributed by atoms with Crippen LogP contribution in [0.25, 0.3) is 11.0 Å². The summed E-state index contributed by atoms with van der Waals surface area (Å²) < 4.78 is 13.1. The Morgan fingerprint density at radius 1 is 1.15 bits per heavy atom. The maximum atomic E-state index is 5.45. The number of anilines is 2. The minimum atomic E-state index is 0.283. The van der Waals surface area contributed by atoms with Crippen LogP contribution in [0.2, 0.25) is 0 Å². The molecule has 0 amide bonds. The van der Waals surface area contributed by atoms with Crippen molar-refractivity contribution in [2.45, 2.75) is 25.3 Å². The summed E-state index contributed by atoms with van der Waals surface area (Å²) in [5.74, 6) is 2.39. The second-order valence-corrected chi connectivity index (χ2v) is 6.97. The maximum Gasteiger partial charge on any atom is 0.231 e. The second kappa shape index (κ2) is 5.92. The van der Waals surface area contributed by atoms with E-state index in [0.717, 1.165) is 41.5 Å². The van der Waals surface area contributed by atoms with Gasteiger partial charge in [0.25, 0.3) is 0 Å². The molecule has 0 bridgehead atoms. The van der Waals surface area contributed by atoms with Crippen LogP contribution in [0.4, 0.5) is 11.5 Å². The Morgan fingerprint density at radius 2 is 2.04 bits per heavy atom. The largest absolute Gasteiger partial charge is 0.454 e. The zero-order valence-electron chi connectivity index (χ0n) is 15.0. The Kier molecular flexibility index (Phi) is 3.53. The standard InChI is InChI=1S/C20H22N4O2/c1-21-12-3-6-16-15(9-12)14-5-8-19(23-20(14)24(16)2)22-13-4-7-17-18(10-13)26-11-25-17/h4-5,7-8,10,12,21H,3,6,9,11H2,1-2H3,(H,22,23). The summed E-state index contributed by atoms with van der Waals surface area (Å²) in [6.07, 6.45) is 3.34. The minimum absolute atomic E-state index is 0.283. The van der Waals surface area contributed by atoms with Crippen LogP contribution >= 0.6 is 0 Å². The van der Waals surface area contributed by atoms with Crippen molar-refractivity contribution in [1.82, 2.24) is 14.9 Å². The fourth-order valence-electron chi connectivity index (χ4n) is 4.07. The predicted octanol–water partition coefficient (Wildman–Crippen LogP) is 3.12. The van der Waals surface area contributed by atoms with Gasteiger partial charge in [0.2, 0.25) is 6.79 Å². The van der Waals surface area contributed by atoms with Crippen LogP contribution in [0.15, 0.2) is 30.3 Å². The maximum absolute atomic E-state index is 5.45. The first-order chi connectivity index (χ1) is 12.7. The van der Waals surface area contributed by atoms with Crippen molar-refractivity contribution >= 4 is 22.5 Å². The quantitative estimate of drug-likeness (QED) is 0.760. The van der Waals surface area contributed by atoms with Crippen molar-refractivity contribution in [1.29, 1.82) is 0 Å². The first-order valence-electron chi connectivity index (χ1n) is 9.04. The lowest BCUT2D eigenvalue weighted by Crippen LogP contribution is -2.31. The van der Waals surface area contributed by atoms with E-state index in [-0.39, 0.29) is 6.79 Å². The molecule has 1 aromatic carbocycles. The molecular weight excluding hydrogens is 328 g/mol. The van der Waals surface area contributed by atoms with Crippen LogP contribution < -0.4 is 20.1 Å². The van der Waals surface area contributed by atoms with Gasteiger partial charge in [0.15, 0.2) is 11.5 Å². The van der Waals surface area contributed by atoms with E-state index in [9.17, 15) is 0 Å². The van der Waals surface area contributed by atoms with Crippen molar-refractivity contribution in [2.75, 3.05) is 19.2 Å². The molecule has 1 atom stereocenters. The monoisotopic (exact) mass is 350 g/mol. The third-order valence-electron chi connectivity index (χ3n) is 5.50. The van der Waals surface area contributed by atoms with Crippen LogP contribution in [-0.2, 0) is 19.9 Å². The molecule has 2 aliphatic rings. The third-order valence-corrected chi connectivity index (χ3v) is 5.50. The number of ether oxygens (including phenoxy) is 2. The van der Waals surface area contributed by atoms with Crippen molar-refractivity contribution < 1.29 is 9.47 Å². The molecule has 1 aliphatic carbocycles. The lowest BCUT2D eigenvalue weighted by Gasteiger charge is -2.22. The molecule has 0 spiro atoms. The molecule has 1 unspecified atom stereocenters. The van der Waals surface area contributed by atoms with Gasteiger partial charge in [0.05, 0.1) is 0 Å². The molecule has 0 radical (unpaired) electrons. The summed E-state index contributed by atoms with van der Waals surface area (Å²) in [7, 11) is 4.17. The van der Waals surface area contributed by atoms with E-state index in [4.69, 9.17) is 14.5 Å². The number of fused-ring (bicyclic) bond motifs is 4. The Balaban J connectivity index is 1.50. The van der Waals surface area contributed by atoms with Gasteiger partial charge in [-0.05, 0) is 56.1 Å². The van der Waals surface area contributed by atoms with Gasteiger partial charge in [0.1, 0.15) is 11.5 Å². The third kappa shape index (κ3) is 2.41. The van der Waals surface area contributed by atoms with Crippen molar-refractivity contribution in [2.24, 2.45) is 7.05 Å². The molecular formula is C20H22N4O2. The van der Waals surface area contributed by atoms with Gasteiger partial charge < -0.3 is 24.7 Å². The van der Waals surface area contributed by atoms with Gasteiger partial charge in [-0.3, -0.25) is 0 Å². The first kappa shape index (κ1) is 15.5. The Labute approximate surface area is 152 Å². The topological polar surface area (TPSA) is 60.3 Å². The number of nitrogens with one attached hydrogen (secondary N) is 2. The molecule has 3 aromatic rings. The van der Waals surface area contributed by atoms with Gasteiger partial charge in [-0.1, -0.05) is 0 Å². The second-order valence-electron chi connectivity index (χ2n) is 6.97. The summed E-state index contributed by atoms with van der Waals surface area (Å²) in [6.45, 7) is 0.283. The fourth-order valence-corrected chi connectivity index (χ4v) is 4.07. The molecule has 3 heterocycles. The van der Waals surface area contributed by atoms with E-state index >= 15 is 0 Å². The predicted molar refractivity (Wildman–Crippen MR) is 101 cm³/mol. The number of aryl methyl sites for hydroxylation is 1. The number of hydrogen-bond donors (Lipinski definition) is 2. The van der Waals surface area contributed by atoms with Crippen molar-refractivity contribution in [3.8, 4) is 11.5 Å². The average Bonchev–Trinajstić information content (AvgIpc) is 3.24. The summed E-state index contributed by atoms with van der Waals surface area (Å²) >= 11 is 0. The molecule has 0 saturated carbocycles. The zero-order valence-corrected chi connectivity index (χ0v) is 15.0. The molecule has 2 aromatic heterocycles. The molecule has 0 saturated heterocycles. The Bertz CT molecular complexity index is 995. The number of nitrogens with zero attached hydrogens (tertiary/aromatic N) is 2. The highest BCUT2D eigenvalue weighted by atomic mass is 16.7. The lowest BCUT2D eigenvalue weighted by atomic mass is 9.92. The van der Waals surface area contributed by atoms with Gasteiger partial charge in [0, 0.05) is 35.9 Å². The summed E-state index contributed by atoms with van der Waals surface area (Å²) in [6, 6.07) is 10.6. The summed E-state index contributed by atoms with van der Waals surface area (Å²) in [5.41, 5.74) is 4.84. The van der Waals surface area contributed by atoms with E-state index in [0.29, 0.717) is 6.04 Å². The first-order valence-corrected chi connectivity index (χ1v) is 9.04. The van der Waals surface area contributed by atoms with E-state index in [1.54, 1.807) is 0 Å². The summed E-state index contributed by atoms with van der Waals surface area (Å²) in [4.78, 5) is 4.88. The van der Waals surface area contributed by atoms with Gasteiger partial charge >= 0.3 is 0 Å². The highest BCUT2D eigenvalue weighted by Crippen LogP contribution is 2.36. The average molecular weight is 350 g/mol. The van der Waals surface area contributed by atoms with E-state index in [1.807, 2.05) is 25.2 Å². The molecule has 6 heteroatoms. The smallest absolute Gasteiger partial charge is 0.231 e. The van der Waals surface area contributed by atoms with Crippen molar-refractivity contribution in [3.05, 3.63) is 41.6 Å². The summed E-state index contributed by atoms with van der Waals surface area (Å²) in [5, 5.41) is 8.06. The van der Waals surface area contributed by atoms with Gasteiger partial charge in [-0.2, -0.15) is 0 Å². The number of aromatic nitrogens is 2. The molecule has 0 fully saturated rings. The number of pyridine rings is 1. The zero-order chi connectivity index (χ0) is 17.7. The molecule has 1 aliphatic heterocycles. The number of hydrogen-bond acceptors (Lipinski definition) is 5. The molecule has 5 rings (SSSR count). The van der Waals surface area contributed by atoms with Crippen molar-refractivity contribution in [3.63, 3.8) is 0 Å². The molecule has 2 N–H and O–H groups in total. The Morgan fingerprint density at radius 3 is 2.92 bits per heavy atom. The highest BCUT2D eigenvalue weighted by molar-refractivity contribution is 5.84. The van der Waals surface area contributed by atoms with Crippen LogP contribution in [0.5, 0.6) is 11.5 Å². The van der Waals surface area contributed by atoms with Crippen LogP contribution in [0.3, 0.4) is 0 Å². The van der Waals surface area contributed by atoms with Crippen LogP contribution in [0.1, 0.15) is 17.7 Å². The van der Waals surface area contributed by atoms with Crippen LogP contribution in [-0.4, -0.2) is 29.4 Å². The molecule has 134 valence electrons. The number of benzene rings is 1. The van der Waals surface area contributed by atoms with E-state index in [1.165, 1.54) is 23.1 Å².